The molecule has 0 saturated heterocycles. The quantitative estimate of drug-likeness (QED) is 0.942. The van der Waals surface area contributed by atoms with Gasteiger partial charge in [-0.2, -0.15) is 0 Å². The molecule has 1 aliphatic rings. The Bertz CT molecular complexity index is 729. The van der Waals surface area contributed by atoms with E-state index in [0.717, 1.165) is 11.1 Å². The summed E-state index contributed by atoms with van der Waals surface area (Å²) in [6.45, 7) is 2.24. The number of hydrogen-bond donors (Lipinski definition) is 1. The molecule has 0 radical (unpaired) electrons. The van der Waals surface area contributed by atoms with Gasteiger partial charge in [-0.15, -0.1) is 0 Å². The van der Waals surface area contributed by atoms with Crippen molar-refractivity contribution in [2.45, 2.75) is 13.2 Å². The summed E-state index contributed by atoms with van der Waals surface area (Å²) in [7, 11) is 0. The zero-order valence-corrected chi connectivity index (χ0v) is 12.8. The Labute approximate surface area is 133 Å². The molecule has 0 fully saturated rings. The second-order valence-corrected chi connectivity index (χ2v) is 5.27. The second-order valence-electron chi connectivity index (χ2n) is 4.83. The number of carbonyl (C=O) groups excluding carboxylic acids is 1. The fraction of sp³-hybridized carbons (Fsp3) is 0.176. The number of nitrogens with one attached hydrogen (secondary N) is 1. The molecule has 5 heteroatoms. The SMILES string of the molecule is CCO[C@@H]1N=C(c2ccccc2)c2cc(Cl)ccc2NC1=O. The van der Waals surface area contributed by atoms with Crippen molar-refractivity contribution in [1.29, 1.82) is 0 Å². The van der Waals surface area contributed by atoms with E-state index < -0.39 is 6.23 Å². The van der Waals surface area contributed by atoms with E-state index in [4.69, 9.17) is 16.3 Å². The number of ether oxygens (including phenoxy) is 1. The van der Waals surface area contributed by atoms with Crippen molar-refractivity contribution in [1.82, 2.24) is 0 Å². The number of amides is 1. The first-order valence-corrected chi connectivity index (χ1v) is 7.42. The van der Waals surface area contributed by atoms with Gasteiger partial charge in [-0.1, -0.05) is 41.9 Å². The van der Waals surface area contributed by atoms with Gasteiger partial charge in [0.2, 0.25) is 6.23 Å². The van der Waals surface area contributed by atoms with E-state index in [0.29, 0.717) is 23.0 Å². The van der Waals surface area contributed by atoms with E-state index in [1.807, 2.05) is 37.3 Å². The Morgan fingerprint density at radius 2 is 2.00 bits per heavy atom. The number of fused-ring (bicyclic) bond motifs is 1. The van der Waals surface area contributed by atoms with Gasteiger partial charge in [0.25, 0.3) is 5.91 Å². The van der Waals surface area contributed by atoms with Crippen LogP contribution in [0.4, 0.5) is 5.69 Å². The van der Waals surface area contributed by atoms with E-state index in [9.17, 15) is 4.79 Å². The lowest BCUT2D eigenvalue weighted by atomic mass is 10.0. The zero-order valence-electron chi connectivity index (χ0n) is 12.0. The van der Waals surface area contributed by atoms with Crippen LogP contribution in [0.25, 0.3) is 0 Å². The first kappa shape index (κ1) is 14.8. The van der Waals surface area contributed by atoms with Crippen molar-refractivity contribution < 1.29 is 9.53 Å². The highest BCUT2D eigenvalue weighted by atomic mass is 35.5. The van der Waals surface area contributed by atoms with Gasteiger partial charge in [0.15, 0.2) is 0 Å². The Balaban J connectivity index is 2.18. The summed E-state index contributed by atoms with van der Waals surface area (Å²) in [5, 5.41) is 3.44. The number of benzodiazepines with no additional fused rings is 1. The van der Waals surface area contributed by atoms with Gasteiger partial charge in [0.1, 0.15) is 0 Å². The Kier molecular flexibility index (Phi) is 4.22. The number of nitrogens with zero attached hydrogens (tertiary/aromatic N) is 1. The molecule has 112 valence electrons. The van der Waals surface area contributed by atoms with E-state index in [1.54, 1.807) is 18.2 Å². The lowest BCUT2D eigenvalue weighted by Gasteiger charge is -2.10. The Morgan fingerprint density at radius 1 is 1.23 bits per heavy atom. The summed E-state index contributed by atoms with van der Waals surface area (Å²) in [5.74, 6) is -0.281. The Hall–Kier alpha value is -2.17. The largest absolute Gasteiger partial charge is 0.348 e. The number of hydrogen-bond acceptors (Lipinski definition) is 3. The van der Waals surface area contributed by atoms with E-state index in [2.05, 4.69) is 10.3 Å². The van der Waals surface area contributed by atoms with Gasteiger partial charge in [0.05, 0.1) is 11.4 Å². The molecule has 0 aliphatic carbocycles. The average Bonchev–Trinajstić information content (AvgIpc) is 2.66. The highest BCUT2D eigenvalue weighted by Crippen LogP contribution is 2.27. The fourth-order valence-corrected chi connectivity index (χ4v) is 2.53. The lowest BCUT2D eigenvalue weighted by molar-refractivity contribution is -0.126. The van der Waals surface area contributed by atoms with Crippen molar-refractivity contribution in [3.63, 3.8) is 0 Å². The van der Waals surface area contributed by atoms with Crippen molar-refractivity contribution in [2.75, 3.05) is 11.9 Å². The van der Waals surface area contributed by atoms with Crippen LogP contribution in [0, 0.1) is 0 Å². The summed E-state index contributed by atoms with van der Waals surface area (Å²) in [6, 6.07) is 15.0. The molecule has 1 heterocycles. The molecule has 22 heavy (non-hydrogen) atoms. The summed E-state index contributed by atoms with van der Waals surface area (Å²) < 4.78 is 5.46. The van der Waals surface area contributed by atoms with Crippen molar-refractivity contribution in [3.05, 3.63) is 64.7 Å². The predicted octanol–water partition coefficient (Wildman–Crippen LogP) is 3.49. The summed E-state index contributed by atoms with van der Waals surface area (Å²) >= 11 is 6.12. The third-order valence-electron chi connectivity index (χ3n) is 3.34. The molecule has 1 N–H and O–H groups in total. The lowest BCUT2D eigenvalue weighted by Crippen LogP contribution is -2.28. The highest BCUT2D eigenvalue weighted by Gasteiger charge is 2.26. The smallest absolute Gasteiger partial charge is 0.276 e. The van der Waals surface area contributed by atoms with Crippen LogP contribution >= 0.6 is 11.6 Å². The van der Waals surface area contributed by atoms with Crippen LogP contribution in [0.1, 0.15) is 18.1 Å². The second kappa shape index (κ2) is 6.30. The minimum absolute atomic E-state index is 0.281. The molecule has 0 saturated carbocycles. The predicted molar refractivity (Wildman–Crippen MR) is 87.6 cm³/mol. The molecule has 1 atom stereocenters. The van der Waals surface area contributed by atoms with Gasteiger partial charge in [-0.05, 0) is 25.1 Å². The van der Waals surface area contributed by atoms with Crippen molar-refractivity contribution >= 4 is 28.9 Å². The van der Waals surface area contributed by atoms with Crippen LogP contribution in [-0.4, -0.2) is 24.5 Å². The number of rotatable bonds is 3. The molecule has 1 amide bonds. The monoisotopic (exact) mass is 314 g/mol. The number of aliphatic imine (C=N–C) groups is 1. The normalized spacial score (nSPS) is 17.3. The first-order valence-electron chi connectivity index (χ1n) is 7.04. The van der Waals surface area contributed by atoms with Crippen LogP contribution in [0.3, 0.4) is 0 Å². The van der Waals surface area contributed by atoms with Crippen molar-refractivity contribution in [2.24, 2.45) is 4.99 Å². The maximum absolute atomic E-state index is 12.3. The van der Waals surface area contributed by atoms with E-state index >= 15 is 0 Å². The number of anilines is 1. The molecule has 0 aromatic heterocycles. The molecular weight excluding hydrogens is 300 g/mol. The van der Waals surface area contributed by atoms with Crippen LogP contribution in [0.2, 0.25) is 5.02 Å². The molecular formula is C17H15ClN2O2. The number of halogens is 1. The molecule has 4 nitrogen and oxygen atoms in total. The third kappa shape index (κ3) is 2.89. The number of carbonyl (C=O) groups is 1. The highest BCUT2D eigenvalue weighted by molar-refractivity contribution is 6.32. The zero-order chi connectivity index (χ0) is 15.5. The molecule has 0 bridgehead atoms. The molecule has 0 spiro atoms. The van der Waals surface area contributed by atoms with E-state index in [1.165, 1.54) is 0 Å². The Morgan fingerprint density at radius 3 is 2.73 bits per heavy atom. The fourth-order valence-electron chi connectivity index (χ4n) is 2.36. The molecule has 2 aromatic rings. The summed E-state index contributed by atoms with van der Waals surface area (Å²) in [4.78, 5) is 16.8. The van der Waals surface area contributed by atoms with Crippen LogP contribution < -0.4 is 5.32 Å². The van der Waals surface area contributed by atoms with Crippen molar-refractivity contribution in [3.8, 4) is 0 Å². The van der Waals surface area contributed by atoms with Gasteiger partial charge in [-0.3, -0.25) is 4.79 Å². The molecule has 3 rings (SSSR count). The molecule has 2 aromatic carbocycles. The van der Waals surface area contributed by atoms with E-state index in [-0.39, 0.29) is 5.91 Å². The molecule has 0 unspecified atom stereocenters. The van der Waals surface area contributed by atoms with Gasteiger partial charge in [0, 0.05) is 22.8 Å². The molecule has 1 aliphatic heterocycles. The van der Waals surface area contributed by atoms with Gasteiger partial charge >= 0.3 is 0 Å². The standard InChI is InChI=1S/C17H15ClN2O2/c1-2-22-17-16(21)19-14-9-8-12(18)10-13(14)15(20-17)11-6-4-3-5-7-11/h3-10,17H,2H2,1H3,(H,19,21)/t17-/m0/s1. The summed E-state index contributed by atoms with van der Waals surface area (Å²) in [5.41, 5.74) is 3.07. The number of benzene rings is 2. The first-order chi connectivity index (χ1) is 10.7. The van der Waals surface area contributed by atoms with Crippen LogP contribution in [-0.2, 0) is 9.53 Å². The van der Waals surface area contributed by atoms with Gasteiger partial charge < -0.3 is 10.1 Å². The minimum atomic E-state index is -0.869. The maximum Gasteiger partial charge on any atom is 0.276 e. The topological polar surface area (TPSA) is 50.7 Å². The van der Waals surface area contributed by atoms with Crippen LogP contribution in [0.15, 0.2) is 53.5 Å². The summed E-state index contributed by atoms with van der Waals surface area (Å²) in [6.07, 6.45) is -0.869. The van der Waals surface area contributed by atoms with Gasteiger partial charge in [-0.25, -0.2) is 4.99 Å². The maximum atomic E-state index is 12.3. The minimum Gasteiger partial charge on any atom is -0.348 e. The van der Waals surface area contributed by atoms with Crippen LogP contribution in [0.5, 0.6) is 0 Å². The average molecular weight is 315 g/mol. The third-order valence-corrected chi connectivity index (χ3v) is 3.57.